The Bertz CT molecular complexity index is 315. The van der Waals surface area contributed by atoms with Crippen molar-refractivity contribution in [2.24, 2.45) is 0 Å². The summed E-state index contributed by atoms with van der Waals surface area (Å²) in [7, 11) is 0. The van der Waals surface area contributed by atoms with Crippen molar-refractivity contribution in [1.29, 1.82) is 0 Å². The Morgan fingerprint density at radius 1 is 1.62 bits per heavy atom. The number of nitrogens with one attached hydrogen (secondary N) is 1. The first kappa shape index (κ1) is 11.7. The Morgan fingerprint density at radius 2 is 2.50 bits per heavy atom. The molecular weight excluding hydrogens is 200 g/mol. The zero-order valence-corrected chi connectivity index (χ0v) is 10.3. The predicted octanol–water partition coefficient (Wildman–Crippen LogP) is 2.17. The monoisotopic (exact) mass is 222 g/mol. The van der Waals surface area contributed by atoms with E-state index in [4.69, 9.17) is 4.74 Å². The molecule has 3 heteroatoms. The maximum absolute atomic E-state index is 5.67. The number of aromatic nitrogens is 1. The van der Waals surface area contributed by atoms with E-state index < -0.39 is 0 Å². The summed E-state index contributed by atoms with van der Waals surface area (Å²) in [6.07, 6.45) is 4.95. The predicted molar refractivity (Wildman–Crippen MR) is 65.4 cm³/mol. The molecule has 0 aliphatic carbocycles. The summed E-state index contributed by atoms with van der Waals surface area (Å²) in [5, 5.41) is 3.56. The lowest BCUT2D eigenvalue weighted by Gasteiger charge is -2.20. The van der Waals surface area contributed by atoms with Gasteiger partial charge in [-0.1, -0.05) is 0 Å². The number of nitrogens with zero attached hydrogens (tertiary/aromatic N) is 1. The molecule has 1 aliphatic heterocycles. The zero-order valence-electron chi connectivity index (χ0n) is 10.3. The van der Waals surface area contributed by atoms with Gasteiger partial charge in [-0.3, -0.25) is 0 Å². The van der Waals surface area contributed by atoms with Crippen LogP contribution in [0.3, 0.4) is 0 Å². The molecule has 0 amide bonds. The number of hydrogen-bond acceptors (Lipinski definition) is 2. The van der Waals surface area contributed by atoms with Crippen molar-refractivity contribution in [3.63, 3.8) is 0 Å². The smallest absolute Gasteiger partial charge is 0.0726 e. The van der Waals surface area contributed by atoms with Crippen molar-refractivity contribution in [3.8, 4) is 0 Å². The first-order valence-corrected chi connectivity index (χ1v) is 6.30. The Balaban J connectivity index is 1.82. The second-order valence-electron chi connectivity index (χ2n) is 4.51. The van der Waals surface area contributed by atoms with E-state index in [-0.39, 0.29) is 0 Å². The number of aryl methyl sites for hydroxylation is 1. The molecule has 1 saturated heterocycles. The molecule has 0 saturated carbocycles. The van der Waals surface area contributed by atoms with Gasteiger partial charge in [0.25, 0.3) is 0 Å². The average molecular weight is 222 g/mol. The van der Waals surface area contributed by atoms with E-state index in [9.17, 15) is 0 Å². The van der Waals surface area contributed by atoms with Crippen LogP contribution in [0.5, 0.6) is 0 Å². The van der Waals surface area contributed by atoms with Gasteiger partial charge in [0.1, 0.15) is 0 Å². The third-order valence-corrected chi connectivity index (χ3v) is 3.39. The Labute approximate surface area is 97.8 Å². The molecule has 2 heterocycles. The van der Waals surface area contributed by atoms with Gasteiger partial charge in [-0.25, -0.2) is 0 Å². The third-order valence-electron chi connectivity index (χ3n) is 3.39. The first-order valence-electron chi connectivity index (χ1n) is 6.30. The molecule has 0 radical (unpaired) electrons. The van der Waals surface area contributed by atoms with Gasteiger partial charge in [0.2, 0.25) is 0 Å². The van der Waals surface area contributed by atoms with Crippen molar-refractivity contribution in [1.82, 2.24) is 9.88 Å². The van der Waals surface area contributed by atoms with Crippen molar-refractivity contribution in [2.75, 3.05) is 6.61 Å². The van der Waals surface area contributed by atoms with Crippen LogP contribution in [0.1, 0.15) is 32.4 Å². The zero-order chi connectivity index (χ0) is 11.4. The molecule has 1 fully saturated rings. The van der Waals surface area contributed by atoms with Crippen molar-refractivity contribution in [3.05, 3.63) is 24.0 Å². The normalized spacial score (nSPS) is 22.5. The van der Waals surface area contributed by atoms with Gasteiger partial charge < -0.3 is 14.6 Å². The van der Waals surface area contributed by atoms with Gasteiger partial charge in [-0.2, -0.15) is 0 Å². The highest BCUT2D eigenvalue weighted by molar-refractivity contribution is 5.07. The van der Waals surface area contributed by atoms with E-state index in [0.717, 1.165) is 19.7 Å². The molecule has 2 rings (SSSR count). The van der Waals surface area contributed by atoms with Gasteiger partial charge in [-0.15, -0.1) is 0 Å². The standard InChI is InChI=1S/C13H22N2O/c1-3-15-8-4-6-12(15)10-14-11(2)13-7-5-9-16-13/h4,6,8,11,13-14H,3,5,7,9-10H2,1-2H3. The topological polar surface area (TPSA) is 26.2 Å². The second-order valence-corrected chi connectivity index (χ2v) is 4.51. The largest absolute Gasteiger partial charge is 0.377 e. The average Bonchev–Trinajstić information content (AvgIpc) is 2.96. The number of hydrogen-bond donors (Lipinski definition) is 1. The number of rotatable bonds is 5. The third kappa shape index (κ3) is 2.66. The Morgan fingerprint density at radius 3 is 3.19 bits per heavy atom. The van der Waals surface area contributed by atoms with Crippen LogP contribution >= 0.6 is 0 Å². The fourth-order valence-corrected chi connectivity index (χ4v) is 2.31. The Hall–Kier alpha value is -0.800. The fraction of sp³-hybridized carbons (Fsp3) is 0.692. The van der Waals surface area contributed by atoms with Gasteiger partial charge >= 0.3 is 0 Å². The van der Waals surface area contributed by atoms with Crippen molar-refractivity contribution in [2.45, 2.75) is 51.9 Å². The molecule has 90 valence electrons. The molecule has 16 heavy (non-hydrogen) atoms. The first-order chi connectivity index (χ1) is 7.81. The lowest BCUT2D eigenvalue weighted by atomic mass is 10.1. The summed E-state index contributed by atoms with van der Waals surface area (Å²) in [6, 6.07) is 4.73. The molecular formula is C13H22N2O. The molecule has 1 aromatic rings. The van der Waals surface area contributed by atoms with Crippen LogP contribution in [-0.2, 0) is 17.8 Å². The summed E-state index contributed by atoms with van der Waals surface area (Å²) in [5.74, 6) is 0. The molecule has 1 aliphatic rings. The van der Waals surface area contributed by atoms with E-state index >= 15 is 0 Å². The number of ether oxygens (including phenoxy) is 1. The maximum atomic E-state index is 5.67. The highest BCUT2D eigenvalue weighted by Gasteiger charge is 2.21. The fourth-order valence-electron chi connectivity index (χ4n) is 2.31. The summed E-state index contributed by atoms with van der Waals surface area (Å²) in [6.45, 7) is 7.30. The molecule has 0 aromatic carbocycles. The van der Waals surface area contributed by atoms with Crippen molar-refractivity contribution >= 4 is 0 Å². The molecule has 1 N–H and O–H groups in total. The Kier molecular flexibility index (Phi) is 4.02. The molecule has 0 spiro atoms. The van der Waals surface area contributed by atoms with E-state index in [2.05, 4.69) is 42.1 Å². The highest BCUT2D eigenvalue weighted by Crippen LogP contribution is 2.15. The molecule has 1 aromatic heterocycles. The SMILES string of the molecule is CCn1cccc1CNC(C)C1CCCO1. The molecule has 0 bridgehead atoms. The lowest BCUT2D eigenvalue weighted by molar-refractivity contribution is 0.0830. The van der Waals surface area contributed by atoms with Crippen LogP contribution in [-0.4, -0.2) is 23.3 Å². The minimum absolute atomic E-state index is 0.407. The summed E-state index contributed by atoms with van der Waals surface area (Å²) < 4.78 is 7.94. The summed E-state index contributed by atoms with van der Waals surface area (Å²) in [5.41, 5.74) is 1.35. The lowest BCUT2D eigenvalue weighted by Crippen LogP contribution is -2.36. The maximum Gasteiger partial charge on any atom is 0.0726 e. The van der Waals surface area contributed by atoms with Crippen LogP contribution in [0.4, 0.5) is 0 Å². The van der Waals surface area contributed by atoms with Gasteiger partial charge in [0, 0.05) is 37.6 Å². The quantitative estimate of drug-likeness (QED) is 0.826. The molecule has 2 atom stereocenters. The van der Waals surface area contributed by atoms with E-state index in [1.54, 1.807) is 0 Å². The summed E-state index contributed by atoms with van der Waals surface area (Å²) >= 11 is 0. The van der Waals surface area contributed by atoms with E-state index in [1.165, 1.54) is 18.5 Å². The summed E-state index contributed by atoms with van der Waals surface area (Å²) in [4.78, 5) is 0. The minimum atomic E-state index is 0.407. The van der Waals surface area contributed by atoms with Crippen LogP contribution in [0.15, 0.2) is 18.3 Å². The van der Waals surface area contributed by atoms with Gasteiger partial charge in [-0.05, 0) is 38.8 Å². The molecule has 2 unspecified atom stereocenters. The van der Waals surface area contributed by atoms with Crippen LogP contribution < -0.4 is 5.32 Å². The van der Waals surface area contributed by atoms with Crippen LogP contribution in [0.25, 0.3) is 0 Å². The highest BCUT2D eigenvalue weighted by atomic mass is 16.5. The van der Waals surface area contributed by atoms with Crippen LogP contribution in [0, 0.1) is 0 Å². The molecule has 3 nitrogen and oxygen atoms in total. The second kappa shape index (κ2) is 5.51. The van der Waals surface area contributed by atoms with Crippen LogP contribution in [0.2, 0.25) is 0 Å². The van der Waals surface area contributed by atoms with E-state index in [0.29, 0.717) is 12.1 Å². The van der Waals surface area contributed by atoms with Gasteiger partial charge in [0.05, 0.1) is 6.10 Å². The van der Waals surface area contributed by atoms with Crippen molar-refractivity contribution < 1.29 is 4.74 Å². The van der Waals surface area contributed by atoms with Gasteiger partial charge in [0.15, 0.2) is 0 Å². The minimum Gasteiger partial charge on any atom is -0.377 e. The van der Waals surface area contributed by atoms with E-state index in [1.807, 2.05) is 0 Å².